The number of hydrogen-bond acceptors (Lipinski definition) is 4. The van der Waals surface area contributed by atoms with Crippen molar-refractivity contribution in [1.29, 1.82) is 0 Å². The van der Waals surface area contributed by atoms with Crippen molar-refractivity contribution >= 4 is 11.8 Å². The molecule has 0 aliphatic carbocycles. The fourth-order valence-electron chi connectivity index (χ4n) is 1.96. The quantitative estimate of drug-likeness (QED) is 0.632. The van der Waals surface area contributed by atoms with Crippen LogP contribution in [0.2, 0.25) is 0 Å². The van der Waals surface area contributed by atoms with Crippen LogP contribution in [-0.2, 0) is 0 Å². The van der Waals surface area contributed by atoms with Crippen molar-refractivity contribution < 1.29 is 5.11 Å². The van der Waals surface area contributed by atoms with Crippen LogP contribution in [0.3, 0.4) is 0 Å². The van der Waals surface area contributed by atoms with Crippen molar-refractivity contribution in [2.24, 2.45) is 5.73 Å². The highest BCUT2D eigenvalue weighted by Crippen LogP contribution is 2.19. The third-order valence-electron chi connectivity index (χ3n) is 3.03. The molecule has 1 aromatic carbocycles. The second-order valence-electron chi connectivity index (χ2n) is 4.49. The van der Waals surface area contributed by atoms with E-state index in [0.29, 0.717) is 12.6 Å². The first kappa shape index (κ1) is 15.5. The predicted molar refractivity (Wildman–Crippen MR) is 78.9 cm³/mol. The van der Waals surface area contributed by atoms with Crippen LogP contribution in [-0.4, -0.2) is 30.6 Å². The minimum atomic E-state index is 0.189. The van der Waals surface area contributed by atoms with E-state index < -0.39 is 0 Å². The smallest absolute Gasteiger partial charge is 0.0446 e. The molecule has 102 valence electrons. The summed E-state index contributed by atoms with van der Waals surface area (Å²) in [5.74, 6) is 0. The van der Waals surface area contributed by atoms with Crippen LogP contribution in [0.5, 0.6) is 0 Å². The molecule has 18 heavy (non-hydrogen) atoms. The van der Waals surface area contributed by atoms with Gasteiger partial charge >= 0.3 is 0 Å². The van der Waals surface area contributed by atoms with E-state index in [9.17, 15) is 0 Å². The molecule has 0 saturated heterocycles. The summed E-state index contributed by atoms with van der Waals surface area (Å²) >= 11 is 1.74. The van der Waals surface area contributed by atoms with Crippen LogP contribution in [0, 0.1) is 0 Å². The second-order valence-corrected chi connectivity index (χ2v) is 5.37. The zero-order valence-corrected chi connectivity index (χ0v) is 12.0. The Kier molecular flexibility index (Phi) is 7.35. The van der Waals surface area contributed by atoms with Gasteiger partial charge in [-0.3, -0.25) is 0 Å². The number of benzene rings is 1. The van der Waals surface area contributed by atoms with Gasteiger partial charge in [0.2, 0.25) is 0 Å². The number of aliphatic hydroxyl groups is 1. The molecular formula is C14H24N2OS. The van der Waals surface area contributed by atoms with Crippen molar-refractivity contribution in [3.8, 4) is 0 Å². The Morgan fingerprint density at radius 2 is 2.00 bits per heavy atom. The van der Waals surface area contributed by atoms with Gasteiger partial charge in [0.25, 0.3) is 0 Å². The van der Waals surface area contributed by atoms with E-state index >= 15 is 0 Å². The van der Waals surface area contributed by atoms with E-state index in [4.69, 9.17) is 10.8 Å². The van der Waals surface area contributed by atoms with Crippen LogP contribution in [0.25, 0.3) is 0 Å². The van der Waals surface area contributed by atoms with Gasteiger partial charge in [-0.1, -0.05) is 12.1 Å². The number of nitrogens with one attached hydrogen (secondary N) is 1. The highest BCUT2D eigenvalue weighted by Gasteiger charge is 2.12. The van der Waals surface area contributed by atoms with Gasteiger partial charge in [0.15, 0.2) is 0 Å². The number of hydrogen-bond donors (Lipinski definition) is 3. The average Bonchev–Trinajstić information content (AvgIpc) is 2.42. The fraction of sp³-hybridized carbons (Fsp3) is 0.571. The van der Waals surface area contributed by atoms with Crippen molar-refractivity contribution in [2.75, 3.05) is 19.4 Å². The molecule has 2 unspecified atom stereocenters. The van der Waals surface area contributed by atoms with E-state index in [1.54, 1.807) is 11.8 Å². The molecule has 0 saturated carbocycles. The van der Waals surface area contributed by atoms with Gasteiger partial charge in [-0.25, -0.2) is 0 Å². The maximum Gasteiger partial charge on any atom is 0.0446 e. The molecule has 0 heterocycles. The maximum atomic E-state index is 8.83. The Bertz CT molecular complexity index is 329. The summed E-state index contributed by atoms with van der Waals surface area (Å²) in [5.41, 5.74) is 7.06. The molecule has 4 N–H and O–H groups in total. The van der Waals surface area contributed by atoms with Crippen molar-refractivity contribution in [1.82, 2.24) is 5.32 Å². The molecular weight excluding hydrogens is 244 g/mol. The minimum absolute atomic E-state index is 0.189. The normalized spacial score (nSPS) is 14.4. The zero-order valence-electron chi connectivity index (χ0n) is 11.2. The van der Waals surface area contributed by atoms with Gasteiger partial charge < -0.3 is 16.2 Å². The van der Waals surface area contributed by atoms with Gasteiger partial charge in [-0.2, -0.15) is 0 Å². The third kappa shape index (κ3) is 4.98. The van der Waals surface area contributed by atoms with E-state index in [0.717, 1.165) is 12.8 Å². The Morgan fingerprint density at radius 3 is 2.50 bits per heavy atom. The Balaban J connectivity index is 2.58. The molecule has 0 bridgehead atoms. The second kappa shape index (κ2) is 8.53. The lowest BCUT2D eigenvalue weighted by atomic mass is 10.0. The third-order valence-corrected chi connectivity index (χ3v) is 3.78. The first-order valence-electron chi connectivity index (χ1n) is 6.42. The summed E-state index contributed by atoms with van der Waals surface area (Å²) < 4.78 is 0. The molecule has 0 aliphatic heterocycles. The average molecular weight is 268 g/mol. The van der Waals surface area contributed by atoms with Gasteiger partial charge in [-0.05, 0) is 43.7 Å². The summed E-state index contributed by atoms with van der Waals surface area (Å²) in [6, 6.07) is 9.08. The number of aliphatic hydroxyl groups excluding tert-OH is 1. The lowest BCUT2D eigenvalue weighted by Crippen LogP contribution is -2.35. The monoisotopic (exact) mass is 268 g/mol. The molecule has 1 rings (SSSR count). The Morgan fingerprint density at radius 1 is 1.33 bits per heavy atom. The summed E-state index contributed by atoms with van der Waals surface area (Å²) in [6.07, 6.45) is 3.87. The molecule has 0 aliphatic rings. The topological polar surface area (TPSA) is 58.3 Å². The maximum absolute atomic E-state index is 8.83. The molecule has 2 atom stereocenters. The molecule has 0 aromatic heterocycles. The standard InChI is InChI=1S/C14H24N2OS/c1-11(4-3-9-17)16-14(10-15)12-5-7-13(18-2)8-6-12/h5-8,11,14,16-17H,3-4,9-10,15H2,1-2H3. The molecule has 1 aromatic rings. The molecule has 0 radical (unpaired) electrons. The highest BCUT2D eigenvalue weighted by molar-refractivity contribution is 7.98. The van der Waals surface area contributed by atoms with Gasteiger partial charge in [0.1, 0.15) is 0 Å². The molecule has 0 amide bonds. The Labute approximate surface area is 114 Å². The minimum Gasteiger partial charge on any atom is -0.396 e. The largest absolute Gasteiger partial charge is 0.396 e. The SMILES string of the molecule is CSc1ccc(C(CN)NC(C)CCCO)cc1. The van der Waals surface area contributed by atoms with E-state index in [2.05, 4.69) is 42.8 Å². The van der Waals surface area contributed by atoms with Gasteiger partial charge in [0.05, 0.1) is 0 Å². The molecule has 0 spiro atoms. The van der Waals surface area contributed by atoms with Crippen molar-refractivity contribution in [3.05, 3.63) is 29.8 Å². The van der Waals surface area contributed by atoms with E-state index in [-0.39, 0.29) is 12.6 Å². The van der Waals surface area contributed by atoms with Crippen molar-refractivity contribution in [2.45, 2.75) is 36.7 Å². The van der Waals surface area contributed by atoms with Gasteiger partial charge in [0, 0.05) is 30.1 Å². The lowest BCUT2D eigenvalue weighted by Gasteiger charge is -2.22. The predicted octanol–water partition coefficient (Wildman–Crippen LogP) is 2.16. The summed E-state index contributed by atoms with van der Waals surface area (Å²) in [4.78, 5) is 1.27. The summed E-state index contributed by atoms with van der Waals surface area (Å²) in [7, 11) is 0. The van der Waals surface area contributed by atoms with Crippen molar-refractivity contribution in [3.63, 3.8) is 0 Å². The first-order chi connectivity index (χ1) is 8.71. The van der Waals surface area contributed by atoms with Crippen LogP contribution < -0.4 is 11.1 Å². The van der Waals surface area contributed by atoms with E-state index in [1.165, 1.54) is 10.5 Å². The van der Waals surface area contributed by atoms with Crippen LogP contribution in [0.4, 0.5) is 0 Å². The number of thioether (sulfide) groups is 1. The number of rotatable bonds is 8. The zero-order chi connectivity index (χ0) is 13.4. The highest BCUT2D eigenvalue weighted by atomic mass is 32.2. The van der Waals surface area contributed by atoms with Crippen LogP contribution in [0.15, 0.2) is 29.2 Å². The molecule has 3 nitrogen and oxygen atoms in total. The lowest BCUT2D eigenvalue weighted by molar-refractivity contribution is 0.274. The summed E-state index contributed by atoms with van der Waals surface area (Å²) in [6.45, 7) is 2.97. The van der Waals surface area contributed by atoms with Gasteiger partial charge in [-0.15, -0.1) is 11.8 Å². The van der Waals surface area contributed by atoms with E-state index in [1.807, 2.05) is 0 Å². The molecule has 4 heteroatoms. The van der Waals surface area contributed by atoms with Crippen LogP contribution in [0.1, 0.15) is 31.4 Å². The Hall–Kier alpha value is -0.550. The summed E-state index contributed by atoms with van der Waals surface area (Å²) in [5, 5.41) is 12.3. The molecule has 0 fully saturated rings. The fourth-order valence-corrected chi connectivity index (χ4v) is 2.37. The number of nitrogens with two attached hydrogens (primary N) is 1. The van der Waals surface area contributed by atoms with Crippen LogP contribution >= 0.6 is 11.8 Å². The first-order valence-corrected chi connectivity index (χ1v) is 7.64.